The molecule has 0 spiro atoms. The first-order chi connectivity index (χ1) is 10.1. The highest BCUT2D eigenvalue weighted by atomic mass is 19.1. The number of amides is 1. The monoisotopic (exact) mass is 295 g/mol. The number of nitriles is 1. The average molecular weight is 295 g/mol. The lowest BCUT2D eigenvalue weighted by Crippen LogP contribution is -2.43. The van der Waals surface area contributed by atoms with Crippen LogP contribution in [-0.4, -0.2) is 53.4 Å². The van der Waals surface area contributed by atoms with Crippen LogP contribution in [0, 0.1) is 23.2 Å². The van der Waals surface area contributed by atoms with Crippen LogP contribution in [0.25, 0.3) is 0 Å². The van der Waals surface area contributed by atoms with E-state index in [1.807, 2.05) is 6.07 Å². The van der Waals surface area contributed by atoms with Gasteiger partial charge in [0.1, 0.15) is 12.2 Å². The van der Waals surface area contributed by atoms with Gasteiger partial charge in [0, 0.05) is 12.5 Å². The Hall–Kier alpha value is -1.19. The van der Waals surface area contributed by atoms with Crippen molar-refractivity contribution < 1.29 is 14.3 Å². The van der Waals surface area contributed by atoms with E-state index in [0.717, 1.165) is 25.7 Å². The predicted octanol–water partition coefficient (Wildman–Crippen LogP) is 0.588. The average Bonchev–Trinajstić information content (AvgIpc) is 3.08. The molecule has 0 radical (unpaired) electrons. The van der Waals surface area contributed by atoms with Crippen molar-refractivity contribution in [3.8, 4) is 6.07 Å². The Morgan fingerprint density at radius 1 is 1.29 bits per heavy atom. The fourth-order valence-electron chi connectivity index (χ4n) is 4.27. The highest BCUT2D eigenvalue weighted by Gasteiger charge is 2.41. The number of aliphatic hydroxyl groups is 1. The molecule has 1 saturated heterocycles. The lowest BCUT2D eigenvalue weighted by Gasteiger charge is -2.21. The largest absolute Gasteiger partial charge is 0.393 e. The molecule has 1 heterocycles. The Labute approximate surface area is 124 Å². The minimum absolute atomic E-state index is 0.0425. The fraction of sp³-hybridized carbons (Fsp3) is 0.867. The van der Waals surface area contributed by atoms with Crippen molar-refractivity contribution in [1.82, 2.24) is 10.2 Å². The predicted molar refractivity (Wildman–Crippen MR) is 73.9 cm³/mol. The number of carbonyl (C=O) groups is 1. The zero-order chi connectivity index (χ0) is 15.0. The van der Waals surface area contributed by atoms with Gasteiger partial charge in [-0.25, -0.2) is 4.39 Å². The number of likely N-dealkylation sites (tertiary alicyclic amines) is 1. The molecule has 116 valence electrons. The summed E-state index contributed by atoms with van der Waals surface area (Å²) in [5.41, 5.74) is 0. The van der Waals surface area contributed by atoms with Gasteiger partial charge in [0.05, 0.1) is 25.3 Å². The van der Waals surface area contributed by atoms with Crippen molar-refractivity contribution in [3.05, 3.63) is 0 Å². The van der Waals surface area contributed by atoms with E-state index in [0.29, 0.717) is 17.9 Å². The highest BCUT2D eigenvalue weighted by Crippen LogP contribution is 2.44. The second kappa shape index (κ2) is 5.90. The van der Waals surface area contributed by atoms with E-state index in [1.54, 1.807) is 0 Å². The van der Waals surface area contributed by atoms with Gasteiger partial charge in [0.2, 0.25) is 5.91 Å². The standard InChI is InChI=1S/C15H22FN3O2/c16-11-5-13(6-17)19(8-11)15(21)7-18-12-1-9-3-14(20)4-10(9)2-12/h9-14,18,20H,1-5,7-8H2/t9-,10+,11-,12?,13-,14?/m0/s1. The summed E-state index contributed by atoms with van der Waals surface area (Å²) in [6.45, 7) is 0.221. The van der Waals surface area contributed by atoms with E-state index in [1.165, 1.54) is 4.90 Å². The summed E-state index contributed by atoms with van der Waals surface area (Å²) in [5.74, 6) is 0.960. The Morgan fingerprint density at radius 2 is 1.95 bits per heavy atom. The van der Waals surface area contributed by atoms with Crippen LogP contribution in [0.1, 0.15) is 32.1 Å². The summed E-state index contributed by atoms with van der Waals surface area (Å²) in [5, 5.41) is 21.8. The van der Waals surface area contributed by atoms with Gasteiger partial charge < -0.3 is 15.3 Å². The summed E-state index contributed by atoms with van der Waals surface area (Å²) in [7, 11) is 0. The molecule has 6 atom stereocenters. The maximum Gasteiger partial charge on any atom is 0.237 e. The molecule has 0 bridgehead atoms. The lowest BCUT2D eigenvalue weighted by atomic mass is 10.0. The molecule has 2 N–H and O–H groups in total. The van der Waals surface area contributed by atoms with Crippen LogP contribution in [0.3, 0.4) is 0 Å². The summed E-state index contributed by atoms with van der Waals surface area (Å²) >= 11 is 0. The third-order valence-corrected chi connectivity index (χ3v) is 5.25. The number of nitrogens with one attached hydrogen (secondary N) is 1. The molecule has 2 unspecified atom stereocenters. The Morgan fingerprint density at radius 3 is 2.57 bits per heavy atom. The second-order valence-electron chi connectivity index (χ2n) is 6.72. The van der Waals surface area contributed by atoms with Crippen molar-refractivity contribution >= 4 is 5.91 Å². The Balaban J connectivity index is 1.46. The van der Waals surface area contributed by atoms with Gasteiger partial charge in [0.25, 0.3) is 0 Å². The second-order valence-corrected chi connectivity index (χ2v) is 6.72. The molecule has 2 saturated carbocycles. The normalized spacial score (nSPS) is 42.0. The number of nitrogens with zero attached hydrogens (tertiary/aromatic N) is 2. The zero-order valence-corrected chi connectivity index (χ0v) is 12.0. The molecule has 0 aromatic rings. The molecule has 0 aromatic heterocycles. The van der Waals surface area contributed by atoms with E-state index in [2.05, 4.69) is 5.32 Å². The van der Waals surface area contributed by atoms with Gasteiger partial charge in [-0.2, -0.15) is 5.26 Å². The van der Waals surface area contributed by atoms with E-state index < -0.39 is 12.2 Å². The van der Waals surface area contributed by atoms with Crippen LogP contribution in [0.2, 0.25) is 0 Å². The van der Waals surface area contributed by atoms with Crippen molar-refractivity contribution in [2.75, 3.05) is 13.1 Å². The Bertz CT molecular complexity index is 439. The molecule has 21 heavy (non-hydrogen) atoms. The van der Waals surface area contributed by atoms with Crippen LogP contribution < -0.4 is 5.32 Å². The first-order valence-electron chi connectivity index (χ1n) is 7.81. The van der Waals surface area contributed by atoms with Crippen LogP contribution in [0.15, 0.2) is 0 Å². The molecule has 3 aliphatic rings. The molecule has 5 nitrogen and oxygen atoms in total. The van der Waals surface area contributed by atoms with Gasteiger partial charge in [-0.3, -0.25) is 4.79 Å². The minimum atomic E-state index is -1.08. The number of aliphatic hydroxyl groups excluding tert-OH is 1. The highest BCUT2D eigenvalue weighted by molar-refractivity contribution is 5.79. The molecule has 3 rings (SSSR count). The van der Waals surface area contributed by atoms with Crippen LogP contribution in [0.5, 0.6) is 0 Å². The lowest BCUT2D eigenvalue weighted by molar-refractivity contribution is -0.130. The van der Waals surface area contributed by atoms with E-state index in [4.69, 9.17) is 5.26 Å². The van der Waals surface area contributed by atoms with Crippen LogP contribution >= 0.6 is 0 Å². The first kappa shape index (κ1) is 14.7. The molecule has 0 aromatic carbocycles. The van der Waals surface area contributed by atoms with Crippen LogP contribution in [0.4, 0.5) is 4.39 Å². The van der Waals surface area contributed by atoms with E-state index in [-0.39, 0.29) is 31.5 Å². The number of fused-ring (bicyclic) bond motifs is 1. The molecular formula is C15H22FN3O2. The number of halogens is 1. The number of carbonyl (C=O) groups excluding carboxylic acids is 1. The molecular weight excluding hydrogens is 273 g/mol. The summed E-state index contributed by atoms with van der Waals surface area (Å²) in [4.78, 5) is 13.5. The third kappa shape index (κ3) is 3.04. The zero-order valence-electron chi connectivity index (χ0n) is 12.0. The first-order valence-corrected chi connectivity index (χ1v) is 7.81. The number of hydrogen-bond acceptors (Lipinski definition) is 4. The fourth-order valence-corrected chi connectivity index (χ4v) is 4.27. The number of rotatable bonds is 3. The summed E-state index contributed by atoms with van der Waals surface area (Å²) < 4.78 is 13.3. The molecule has 2 aliphatic carbocycles. The molecule has 6 heteroatoms. The maximum absolute atomic E-state index is 13.3. The van der Waals surface area contributed by atoms with Crippen molar-refractivity contribution in [2.24, 2.45) is 11.8 Å². The molecule has 1 amide bonds. The Kier molecular flexibility index (Phi) is 4.14. The van der Waals surface area contributed by atoms with Gasteiger partial charge >= 0.3 is 0 Å². The van der Waals surface area contributed by atoms with Crippen molar-refractivity contribution in [1.29, 1.82) is 5.26 Å². The third-order valence-electron chi connectivity index (χ3n) is 5.25. The molecule has 3 fully saturated rings. The smallest absolute Gasteiger partial charge is 0.237 e. The summed E-state index contributed by atoms with van der Waals surface area (Å²) in [6.07, 6.45) is 2.67. The number of alkyl halides is 1. The van der Waals surface area contributed by atoms with E-state index >= 15 is 0 Å². The van der Waals surface area contributed by atoms with Crippen molar-refractivity contribution in [3.63, 3.8) is 0 Å². The van der Waals surface area contributed by atoms with E-state index in [9.17, 15) is 14.3 Å². The SMILES string of the molecule is N#C[C@@H]1C[C@H](F)CN1C(=O)CNC1C[C@H]2CC(O)C[C@H]2C1. The van der Waals surface area contributed by atoms with Gasteiger partial charge in [-0.15, -0.1) is 0 Å². The quantitative estimate of drug-likeness (QED) is 0.799. The summed E-state index contributed by atoms with van der Waals surface area (Å²) in [6, 6.07) is 1.69. The topological polar surface area (TPSA) is 76.4 Å². The van der Waals surface area contributed by atoms with Gasteiger partial charge in [-0.05, 0) is 37.5 Å². The minimum Gasteiger partial charge on any atom is -0.393 e. The van der Waals surface area contributed by atoms with Crippen molar-refractivity contribution in [2.45, 2.75) is 56.5 Å². The molecule has 1 aliphatic heterocycles. The van der Waals surface area contributed by atoms with Gasteiger partial charge in [-0.1, -0.05) is 0 Å². The number of hydrogen-bond donors (Lipinski definition) is 2. The van der Waals surface area contributed by atoms with Gasteiger partial charge in [0.15, 0.2) is 0 Å². The maximum atomic E-state index is 13.3. The van der Waals surface area contributed by atoms with Crippen LogP contribution in [-0.2, 0) is 4.79 Å².